The van der Waals surface area contributed by atoms with Crippen LogP contribution in [0.2, 0.25) is 0 Å². The molecule has 2 atom stereocenters. The third-order valence-corrected chi connectivity index (χ3v) is 3.57. The van der Waals surface area contributed by atoms with Crippen LogP contribution in [0.5, 0.6) is 11.5 Å². The number of ketones is 1. The third-order valence-electron chi connectivity index (χ3n) is 3.57. The van der Waals surface area contributed by atoms with E-state index in [1.807, 2.05) is 19.9 Å². The number of rotatable bonds is 2. The summed E-state index contributed by atoms with van der Waals surface area (Å²) in [6.07, 6.45) is 0.0270. The van der Waals surface area contributed by atoms with Crippen molar-refractivity contribution in [2.45, 2.75) is 38.6 Å². The van der Waals surface area contributed by atoms with Gasteiger partial charge in [-0.15, -0.1) is 0 Å². The molecule has 0 saturated carbocycles. The zero-order valence-electron chi connectivity index (χ0n) is 10.9. The predicted molar refractivity (Wildman–Crippen MR) is 65.3 cm³/mol. The van der Waals surface area contributed by atoms with Crippen molar-refractivity contribution in [1.82, 2.24) is 0 Å². The number of benzene rings is 1. The molecule has 18 heavy (non-hydrogen) atoms. The monoisotopic (exact) mass is 248 g/mol. The van der Waals surface area contributed by atoms with Gasteiger partial charge >= 0.3 is 0 Å². The molecule has 96 valence electrons. The molecule has 0 aromatic heterocycles. The van der Waals surface area contributed by atoms with Crippen molar-refractivity contribution in [2.24, 2.45) is 0 Å². The van der Waals surface area contributed by atoms with E-state index in [0.717, 1.165) is 11.3 Å². The lowest BCUT2D eigenvalue weighted by atomic mass is 9.92. The molecule has 4 heteroatoms. The smallest absolute Gasteiger partial charge is 0.163 e. The summed E-state index contributed by atoms with van der Waals surface area (Å²) in [6.45, 7) is 5.54. The fourth-order valence-electron chi connectivity index (χ4n) is 2.64. The molecule has 0 radical (unpaired) electrons. The van der Waals surface area contributed by atoms with E-state index in [4.69, 9.17) is 14.2 Å². The van der Waals surface area contributed by atoms with Crippen LogP contribution in [0, 0.1) is 0 Å². The molecular formula is C14H16O4. The zero-order chi connectivity index (χ0) is 13.1. The van der Waals surface area contributed by atoms with Crippen molar-refractivity contribution in [3.05, 3.63) is 23.3 Å². The molecule has 0 N–H and O–H groups in total. The van der Waals surface area contributed by atoms with Crippen LogP contribution in [-0.4, -0.2) is 24.6 Å². The lowest BCUT2D eigenvalue weighted by Gasteiger charge is -2.30. The normalized spacial score (nSPS) is 26.7. The molecule has 2 aliphatic rings. The van der Waals surface area contributed by atoms with Crippen LogP contribution >= 0.6 is 0 Å². The maximum atomic E-state index is 11.6. The number of hydrogen-bond donors (Lipinski definition) is 0. The average Bonchev–Trinajstić information content (AvgIpc) is 3.07. The number of hydrogen-bond acceptors (Lipinski definition) is 4. The highest BCUT2D eigenvalue weighted by molar-refractivity contribution is 5.97. The Morgan fingerprint density at radius 2 is 2.11 bits per heavy atom. The molecule has 1 aromatic carbocycles. The van der Waals surface area contributed by atoms with Gasteiger partial charge in [0.15, 0.2) is 5.78 Å². The Morgan fingerprint density at radius 3 is 2.72 bits per heavy atom. The molecule has 0 unspecified atom stereocenters. The first kappa shape index (κ1) is 11.5. The van der Waals surface area contributed by atoms with Crippen LogP contribution in [-0.2, 0) is 4.74 Å². The van der Waals surface area contributed by atoms with Crippen LogP contribution < -0.4 is 9.47 Å². The fraction of sp³-hybridized carbons (Fsp3) is 0.500. The maximum Gasteiger partial charge on any atom is 0.163 e. The van der Waals surface area contributed by atoms with Crippen LogP contribution in [0.3, 0.4) is 0 Å². The van der Waals surface area contributed by atoms with Crippen molar-refractivity contribution < 1.29 is 19.0 Å². The Labute approximate surface area is 106 Å². The summed E-state index contributed by atoms with van der Waals surface area (Å²) in [5, 5.41) is 0. The van der Waals surface area contributed by atoms with Crippen molar-refractivity contribution in [3.8, 4) is 11.5 Å². The molecule has 1 aromatic rings. The van der Waals surface area contributed by atoms with E-state index in [9.17, 15) is 4.79 Å². The first-order valence-corrected chi connectivity index (χ1v) is 6.02. The van der Waals surface area contributed by atoms with Gasteiger partial charge in [-0.05, 0) is 32.9 Å². The van der Waals surface area contributed by atoms with E-state index in [1.165, 1.54) is 6.92 Å². The summed E-state index contributed by atoms with van der Waals surface area (Å²) < 4.78 is 17.0. The fourth-order valence-corrected chi connectivity index (χ4v) is 2.64. The standard InChI is InChI=1S/C14H16O4/c1-7(15)8-5-6-9-10(11(8)16-4)12-13(17-12)14(2,3)18-9/h5-6,12-13H,1-4H3/t12-,13-/m0/s1. The first-order chi connectivity index (χ1) is 8.45. The minimum absolute atomic E-state index is 0.0157. The summed E-state index contributed by atoms with van der Waals surface area (Å²) in [4.78, 5) is 11.6. The summed E-state index contributed by atoms with van der Waals surface area (Å²) in [7, 11) is 1.57. The quantitative estimate of drug-likeness (QED) is 0.596. The SMILES string of the molecule is COc1c(C(C)=O)ccc2c1[C@@H]1O[C@@H]1C(C)(C)O2. The first-order valence-electron chi connectivity index (χ1n) is 6.02. The van der Waals surface area contributed by atoms with Crippen molar-refractivity contribution in [1.29, 1.82) is 0 Å². The van der Waals surface area contributed by atoms with E-state index >= 15 is 0 Å². The number of epoxide rings is 1. The average molecular weight is 248 g/mol. The molecule has 0 amide bonds. The molecule has 4 nitrogen and oxygen atoms in total. The lowest BCUT2D eigenvalue weighted by Crippen LogP contribution is -2.37. The summed E-state index contributed by atoms with van der Waals surface area (Å²) in [5.41, 5.74) is 1.11. The largest absolute Gasteiger partial charge is 0.495 e. The molecule has 3 rings (SSSR count). The third kappa shape index (κ3) is 1.45. The zero-order valence-corrected chi connectivity index (χ0v) is 10.9. The predicted octanol–water partition coefficient (Wildman–Crippen LogP) is 2.51. The minimum Gasteiger partial charge on any atom is -0.495 e. The number of Topliss-reactive ketones (excluding diaryl/α,β-unsaturated/α-hetero) is 1. The molecular weight excluding hydrogens is 232 g/mol. The van der Waals surface area contributed by atoms with E-state index in [0.29, 0.717) is 11.3 Å². The number of carbonyl (C=O) groups is 1. The van der Waals surface area contributed by atoms with E-state index in [2.05, 4.69) is 0 Å². The van der Waals surface area contributed by atoms with E-state index in [-0.39, 0.29) is 23.6 Å². The Balaban J connectivity index is 2.17. The molecule has 1 saturated heterocycles. The highest BCUT2D eigenvalue weighted by Gasteiger charge is 2.58. The van der Waals surface area contributed by atoms with E-state index < -0.39 is 0 Å². The highest BCUT2D eigenvalue weighted by atomic mass is 16.6. The van der Waals surface area contributed by atoms with Crippen molar-refractivity contribution in [3.63, 3.8) is 0 Å². The molecule has 1 fully saturated rings. The summed E-state index contributed by atoms with van der Waals surface area (Å²) >= 11 is 0. The molecule has 2 aliphatic heterocycles. The van der Waals surface area contributed by atoms with Crippen molar-refractivity contribution in [2.75, 3.05) is 7.11 Å². The summed E-state index contributed by atoms with van der Waals surface area (Å²) in [5.74, 6) is 1.32. The van der Waals surface area contributed by atoms with Gasteiger partial charge < -0.3 is 14.2 Å². The molecule has 0 aliphatic carbocycles. The van der Waals surface area contributed by atoms with Gasteiger partial charge in [-0.2, -0.15) is 0 Å². The second kappa shape index (κ2) is 3.48. The van der Waals surface area contributed by atoms with Crippen LogP contribution in [0.15, 0.2) is 12.1 Å². The Kier molecular flexibility index (Phi) is 2.23. The molecule has 2 heterocycles. The van der Waals surface area contributed by atoms with Gasteiger partial charge in [0.1, 0.15) is 29.3 Å². The highest BCUT2D eigenvalue weighted by Crippen LogP contribution is 2.57. The van der Waals surface area contributed by atoms with Crippen LogP contribution in [0.1, 0.15) is 42.8 Å². The van der Waals surface area contributed by atoms with Gasteiger partial charge in [0.25, 0.3) is 0 Å². The second-order valence-electron chi connectivity index (χ2n) is 5.30. The van der Waals surface area contributed by atoms with Gasteiger partial charge in [-0.3, -0.25) is 4.79 Å². The Bertz CT molecular complexity index is 533. The lowest BCUT2D eigenvalue weighted by molar-refractivity contribution is 0.0721. The van der Waals surface area contributed by atoms with Gasteiger partial charge in [-0.25, -0.2) is 0 Å². The van der Waals surface area contributed by atoms with E-state index in [1.54, 1.807) is 13.2 Å². The molecule has 0 spiro atoms. The van der Waals surface area contributed by atoms with Gasteiger partial charge in [0.2, 0.25) is 0 Å². The van der Waals surface area contributed by atoms with Gasteiger partial charge in [-0.1, -0.05) is 0 Å². The number of fused-ring (bicyclic) bond motifs is 3. The maximum absolute atomic E-state index is 11.6. The van der Waals surface area contributed by atoms with Crippen molar-refractivity contribution >= 4 is 5.78 Å². The number of methoxy groups -OCH3 is 1. The van der Waals surface area contributed by atoms with Crippen LogP contribution in [0.4, 0.5) is 0 Å². The Morgan fingerprint density at radius 1 is 1.39 bits per heavy atom. The molecule has 0 bridgehead atoms. The van der Waals surface area contributed by atoms with Crippen LogP contribution in [0.25, 0.3) is 0 Å². The van der Waals surface area contributed by atoms with Gasteiger partial charge in [0.05, 0.1) is 18.2 Å². The summed E-state index contributed by atoms with van der Waals surface area (Å²) in [6, 6.07) is 3.58. The second-order valence-corrected chi connectivity index (χ2v) is 5.30. The minimum atomic E-state index is -0.333. The number of ether oxygens (including phenoxy) is 3. The topological polar surface area (TPSA) is 48.1 Å². The number of carbonyl (C=O) groups excluding carboxylic acids is 1. The Hall–Kier alpha value is -1.55. The van der Waals surface area contributed by atoms with Gasteiger partial charge in [0, 0.05) is 0 Å².